The van der Waals surface area contributed by atoms with Gasteiger partial charge < -0.3 is 5.32 Å². The molecular formula is C25H27FN2O3S. The van der Waals surface area contributed by atoms with E-state index in [1.54, 1.807) is 42.5 Å². The molecule has 0 saturated carbocycles. The summed E-state index contributed by atoms with van der Waals surface area (Å²) in [7, 11) is -3.65. The van der Waals surface area contributed by atoms with Crippen molar-refractivity contribution >= 4 is 21.6 Å². The molecular weight excluding hydrogens is 427 g/mol. The molecule has 1 amide bonds. The van der Waals surface area contributed by atoms with Gasteiger partial charge in [-0.2, -0.15) is 0 Å². The zero-order valence-electron chi connectivity index (χ0n) is 18.2. The maximum Gasteiger partial charge on any atom is 0.251 e. The molecule has 3 aromatic carbocycles. The molecule has 0 heterocycles. The minimum Gasteiger partial charge on any atom is -0.352 e. The lowest BCUT2D eigenvalue weighted by Gasteiger charge is -2.23. The Hall–Kier alpha value is -3.19. The Labute approximate surface area is 188 Å². The molecule has 0 fully saturated rings. The average molecular weight is 455 g/mol. The number of hydrogen-bond acceptors (Lipinski definition) is 3. The van der Waals surface area contributed by atoms with Gasteiger partial charge in [0.15, 0.2) is 0 Å². The Morgan fingerprint density at radius 2 is 1.62 bits per heavy atom. The van der Waals surface area contributed by atoms with Crippen LogP contribution in [0.25, 0.3) is 0 Å². The third-order valence-corrected chi connectivity index (χ3v) is 6.28. The van der Waals surface area contributed by atoms with E-state index < -0.39 is 15.8 Å². The number of anilines is 1. The van der Waals surface area contributed by atoms with E-state index in [1.165, 1.54) is 17.2 Å². The zero-order valence-corrected chi connectivity index (χ0v) is 19.0. The first kappa shape index (κ1) is 23.5. The van der Waals surface area contributed by atoms with E-state index in [2.05, 4.69) is 29.6 Å². The van der Waals surface area contributed by atoms with E-state index in [0.717, 1.165) is 23.4 Å². The maximum absolute atomic E-state index is 14.0. The SMILES string of the molecule is Cc1ccc(CCCNC(=O)c2ccc(N(Cc3ccccc3F)S(C)(=O)=O)cc2)cc1. The minimum absolute atomic E-state index is 0.129. The van der Waals surface area contributed by atoms with Gasteiger partial charge in [-0.3, -0.25) is 9.10 Å². The number of carbonyl (C=O) groups excluding carboxylic acids is 1. The van der Waals surface area contributed by atoms with Crippen LogP contribution in [0.4, 0.5) is 10.1 Å². The third-order valence-electron chi connectivity index (χ3n) is 5.14. The number of benzene rings is 3. The molecule has 0 saturated heterocycles. The van der Waals surface area contributed by atoms with Crippen molar-refractivity contribution in [1.82, 2.24) is 5.32 Å². The van der Waals surface area contributed by atoms with E-state index in [1.807, 2.05) is 6.92 Å². The Morgan fingerprint density at radius 1 is 0.969 bits per heavy atom. The van der Waals surface area contributed by atoms with Gasteiger partial charge in [0.25, 0.3) is 5.91 Å². The van der Waals surface area contributed by atoms with Crippen LogP contribution in [0.5, 0.6) is 0 Å². The molecule has 5 nitrogen and oxygen atoms in total. The third kappa shape index (κ3) is 6.40. The van der Waals surface area contributed by atoms with Gasteiger partial charge in [0.05, 0.1) is 18.5 Å². The highest BCUT2D eigenvalue weighted by atomic mass is 32.2. The number of nitrogens with zero attached hydrogens (tertiary/aromatic N) is 1. The van der Waals surface area contributed by atoms with E-state index >= 15 is 0 Å². The largest absolute Gasteiger partial charge is 0.352 e. The Morgan fingerprint density at radius 3 is 2.25 bits per heavy atom. The molecule has 168 valence electrons. The number of amides is 1. The quantitative estimate of drug-likeness (QED) is 0.486. The Kier molecular flexibility index (Phi) is 7.64. The van der Waals surface area contributed by atoms with Gasteiger partial charge in [-0.15, -0.1) is 0 Å². The van der Waals surface area contributed by atoms with Crippen LogP contribution in [-0.2, 0) is 23.0 Å². The second-order valence-electron chi connectivity index (χ2n) is 7.75. The van der Waals surface area contributed by atoms with Crippen molar-refractivity contribution in [2.75, 3.05) is 17.1 Å². The fourth-order valence-electron chi connectivity index (χ4n) is 3.31. The number of rotatable bonds is 9. The van der Waals surface area contributed by atoms with Crippen molar-refractivity contribution in [1.29, 1.82) is 0 Å². The minimum atomic E-state index is -3.65. The van der Waals surface area contributed by atoms with Crippen molar-refractivity contribution in [3.63, 3.8) is 0 Å². The molecule has 0 spiro atoms. The van der Waals surface area contributed by atoms with Crippen LogP contribution in [0.15, 0.2) is 72.8 Å². The van der Waals surface area contributed by atoms with Crippen LogP contribution in [0, 0.1) is 12.7 Å². The van der Waals surface area contributed by atoms with Crippen LogP contribution < -0.4 is 9.62 Å². The fraction of sp³-hybridized carbons (Fsp3) is 0.240. The Bertz CT molecular complexity index is 1160. The molecule has 7 heteroatoms. The molecule has 0 aliphatic rings. The Balaban J connectivity index is 1.61. The highest BCUT2D eigenvalue weighted by molar-refractivity contribution is 7.92. The van der Waals surface area contributed by atoms with Crippen molar-refractivity contribution in [2.24, 2.45) is 0 Å². The summed E-state index contributed by atoms with van der Waals surface area (Å²) in [5.41, 5.74) is 3.52. The van der Waals surface area contributed by atoms with E-state index in [4.69, 9.17) is 0 Å². The summed E-state index contributed by atoms with van der Waals surface area (Å²) in [4.78, 5) is 12.4. The van der Waals surface area contributed by atoms with Gasteiger partial charge in [-0.1, -0.05) is 48.0 Å². The number of halogens is 1. The second kappa shape index (κ2) is 10.4. The molecule has 0 aromatic heterocycles. The van der Waals surface area contributed by atoms with Gasteiger partial charge >= 0.3 is 0 Å². The van der Waals surface area contributed by atoms with Crippen molar-refractivity contribution in [2.45, 2.75) is 26.3 Å². The normalized spacial score (nSPS) is 11.2. The van der Waals surface area contributed by atoms with Crippen molar-refractivity contribution < 1.29 is 17.6 Å². The molecule has 0 atom stereocenters. The van der Waals surface area contributed by atoms with E-state index in [0.29, 0.717) is 17.8 Å². The molecule has 32 heavy (non-hydrogen) atoms. The summed E-state index contributed by atoms with van der Waals surface area (Å²) in [5.74, 6) is -0.691. The standard InChI is InChI=1S/C25H27FN2O3S/c1-19-9-11-20(12-10-19)6-5-17-27-25(29)21-13-15-23(16-14-21)28(32(2,30)31)18-22-7-3-4-8-24(22)26/h3-4,7-16H,5-6,17-18H2,1-2H3,(H,27,29). The maximum atomic E-state index is 14.0. The zero-order chi connectivity index (χ0) is 23.1. The molecule has 3 aromatic rings. The van der Waals surface area contributed by atoms with Gasteiger partial charge in [0, 0.05) is 17.7 Å². The summed E-state index contributed by atoms with van der Waals surface area (Å²) in [6, 6.07) is 20.6. The number of aryl methyl sites for hydroxylation is 2. The van der Waals surface area contributed by atoms with E-state index in [-0.39, 0.29) is 18.0 Å². The summed E-state index contributed by atoms with van der Waals surface area (Å²) in [6.07, 6.45) is 2.76. The lowest BCUT2D eigenvalue weighted by atomic mass is 10.1. The van der Waals surface area contributed by atoms with Crippen LogP contribution >= 0.6 is 0 Å². The topological polar surface area (TPSA) is 66.5 Å². The number of sulfonamides is 1. The van der Waals surface area contributed by atoms with Gasteiger partial charge in [-0.05, 0) is 55.7 Å². The first-order chi connectivity index (χ1) is 15.2. The number of hydrogen-bond donors (Lipinski definition) is 1. The predicted octanol–water partition coefficient (Wildman–Crippen LogP) is 4.46. The molecule has 3 rings (SSSR count). The molecule has 0 aliphatic heterocycles. The smallest absolute Gasteiger partial charge is 0.251 e. The first-order valence-electron chi connectivity index (χ1n) is 10.4. The first-order valence-corrected chi connectivity index (χ1v) is 12.2. The van der Waals surface area contributed by atoms with Gasteiger partial charge in [0.1, 0.15) is 5.82 Å². The van der Waals surface area contributed by atoms with Crippen molar-refractivity contribution in [3.8, 4) is 0 Å². The summed E-state index contributed by atoms with van der Waals surface area (Å²) >= 11 is 0. The van der Waals surface area contributed by atoms with Gasteiger partial charge in [-0.25, -0.2) is 12.8 Å². The second-order valence-corrected chi connectivity index (χ2v) is 9.66. The lowest BCUT2D eigenvalue weighted by molar-refractivity contribution is 0.0953. The molecule has 0 unspecified atom stereocenters. The highest BCUT2D eigenvalue weighted by Crippen LogP contribution is 2.22. The lowest BCUT2D eigenvalue weighted by Crippen LogP contribution is -2.30. The molecule has 0 bridgehead atoms. The number of carbonyl (C=O) groups is 1. The summed E-state index contributed by atoms with van der Waals surface area (Å²) < 4.78 is 39.7. The monoisotopic (exact) mass is 454 g/mol. The average Bonchev–Trinajstić information content (AvgIpc) is 2.76. The summed E-state index contributed by atoms with van der Waals surface area (Å²) in [5, 5.41) is 2.89. The van der Waals surface area contributed by atoms with Crippen LogP contribution in [0.3, 0.4) is 0 Å². The highest BCUT2D eigenvalue weighted by Gasteiger charge is 2.19. The molecule has 0 radical (unpaired) electrons. The van der Waals surface area contributed by atoms with Crippen LogP contribution in [0.1, 0.15) is 33.5 Å². The molecule has 0 aliphatic carbocycles. The molecule has 1 N–H and O–H groups in total. The van der Waals surface area contributed by atoms with E-state index in [9.17, 15) is 17.6 Å². The predicted molar refractivity (Wildman–Crippen MR) is 126 cm³/mol. The van der Waals surface area contributed by atoms with Crippen LogP contribution in [0.2, 0.25) is 0 Å². The fourth-order valence-corrected chi connectivity index (χ4v) is 4.19. The van der Waals surface area contributed by atoms with Crippen molar-refractivity contribution in [3.05, 3.63) is 101 Å². The summed E-state index contributed by atoms with van der Waals surface area (Å²) in [6.45, 7) is 2.46. The van der Waals surface area contributed by atoms with Crippen LogP contribution in [-0.4, -0.2) is 27.1 Å². The number of nitrogens with one attached hydrogen (secondary N) is 1. The van der Waals surface area contributed by atoms with Gasteiger partial charge in [0.2, 0.25) is 10.0 Å².